The van der Waals surface area contributed by atoms with Crippen LogP contribution >= 0.6 is 12.4 Å². The first-order valence-electron chi connectivity index (χ1n) is 4.09. The largest absolute Gasteiger partial charge is 0.505 e. The molecule has 0 heterocycles. The fourth-order valence-electron chi connectivity index (χ4n) is 1.14. The summed E-state index contributed by atoms with van der Waals surface area (Å²) in [6.45, 7) is 1.85. The van der Waals surface area contributed by atoms with E-state index >= 15 is 0 Å². The highest BCUT2D eigenvalue weighted by Crippen LogP contribution is 2.31. The van der Waals surface area contributed by atoms with Gasteiger partial charge in [-0.1, -0.05) is 6.92 Å². The van der Waals surface area contributed by atoms with Gasteiger partial charge >= 0.3 is 0 Å². The number of nitrogen functional groups attached to an aromatic ring is 1. The van der Waals surface area contributed by atoms with E-state index in [-0.39, 0.29) is 29.9 Å². The normalized spacial score (nSPS) is 11.9. The predicted molar refractivity (Wildman–Crippen MR) is 56.9 cm³/mol. The highest BCUT2D eigenvalue weighted by atomic mass is 35.5. The maximum absolute atomic E-state index is 12.9. The molecule has 0 radical (unpaired) electrons. The third kappa shape index (κ3) is 2.49. The van der Waals surface area contributed by atoms with E-state index in [1.807, 2.05) is 6.92 Å². The van der Waals surface area contributed by atoms with Gasteiger partial charge in [0.25, 0.3) is 0 Å². The van der Waals surface area contributed by atoms with Crippen LogP contribution in [0.4, 0.5) is 10.1 Å². The average Bonchev–Trinajstić information content (AvgIpc) is 2.10. The van der Waals surface area contributed by atoms with Crippen LogP contribution in [0.15, 0.2) is 12.1 Å². The summed E-state index contributed by atoms with van der Waals surface area (Å²) in [5.41, 5.74) is 11.4. The summed E-state index contributed by atoms with van der Waals surface area (Å²) in [5, 5.41) is 9.45. The molecule has 0 fully saturated rings. The molecule has 5 heteroatoms. The summed E-state index contributed by atoms with van der Waals surface area (Å²) in [5.74, 6) is -0.593. The monoisotopic (exact) mass is 220 g/mol. The van der Waals surface area contributed by atoms with Gasteiger partial charge in [-0.25, -0.2) is 4.39 Å². The molecular weight excluding hydrogens is 207 g/mol. The predicted octanol–water partition coefficient (Wildman–Crippen LogP) is 1.95. The van der Waals surface area contributed by atoms with E-state index in [0.717, 1.165) is 6.07 Å². The van der Waals surface area contributed by atoms with Crippen LogP contribution in [0.3, 0.4) is 0 Å². The van der Waals surface area contributed by atoms with E-state index in [1.54, 1.807) is 0 Å². The molecule has 0 aliphatic carbocycles. The molecule has 0 bridgehead atoms. The van der Waals surface area contributed by atoms with Crippen molar-refractivity contribution in [2.75, 3.05) is 5.73 Å². The highest BCUT2D eigenvalue weighted by molar-refractivity contribution is 5.85. The van der Waals surface area contributed by atoms with Crippen LogP contribution in [0, 0.1) is 5.82 Å². The van der Waals surface area contributed by atoms with Crippen LogP contribution in [0.1, 0.15) is 24.9 Å². The van der Waals surface area contributed by atoms with Crippen molar-refractivity contribution in [3.63, 3.8) is 0 Å². The number of phenolic OH excluding ortho intramolecular Hbond substituents is 1. The van der Waals surface area contributed by atoms with Crippen molar-refractivity contribution in [2.24, 2.45) is 5.73 Å². The van der Waals surface area contributed by atoms with Crippen LogP contribution in [-0.2, 0) is 0 Å². The second-order valence-electron chi connectivity index (χ2n) is 2.95. The van der Waals surface area contributed by atoms with Crippen LogP contribution in [0.25, 0.3) is 0 Å². The average molecular weight is 221 g/mol. The molecule has 0 unspecified atom stereocenters. The van der Waals surface area contributed by atoms with Crippen molar-refractivity contribution >= 4 is 18.1 Å². The summed E-state index contributed by atoms with van der Waals surface area (Å²) in [4.78, 5) is 0. The molecule has 1 aromatic carbocycles. The number of aromatic hydroxyl groups is 1. The standard InChI is InChI=1S/C9H13FN2O.ClH/c1-2-7(11)6-3-5(10)4-8(12)9(6)13;/h3-4,7,13H,2,11-12H2,1H3;1H/t7-;/m1./s1. The fourth-order valence-corrected chi connectivity index (χ4v) is 1.14. The molecule has 0 saturated carbocycles. The van der Waals surface area contributed by atoms with Gasteiger partial charge in [-0.15, -0.1) is 12.4 Å². The zero-order valence-corrected chi connectivity index (χ0v) is 8.64. The van der Waals surface area contributed by atoms with Gasteiger partial charge in [-0.05, 0) is 12.5 Å². The first-order valence-corrected chi connectivity index (χ1v) is 4.09. The Morgan fingerprint density at radius 2 is 2.07 bits per heavy atom. The van der Waals surface area contributed by atoms with Crippen molar-refractivity contribution in [3.05, 3.63) is 23.5 Å². The third-order valence-electron chi connectivity index (χ3n) is 1.97. The molecule has 1 atom stereocenters. The summed E-state index contributed by atoms with van der Waals surface area (Å²) >= 11 is 0. The molecule has 0 spiro atoms. The van der Waals surface area contributed by atoms with Gasteiger partial charge in [0.2, 0.25) is 0 Å². The van der Waals surface area contributed by atoms with Crippen molar-refractivity contribution in [3.8, 4) is 5.75 Å². The van der Waals surface area contributed by atoms with Gasteiger partial charge in [-0.3, -0.25) is 0 Å². The van der Waals surface area contributed by atoms with Crippen LogP contribution < -0.4 is 11.5 Å². The highest BCUT2D eigenvalue weighted by Gasteiger charge is 2.12. The minimum absolute atomic E-state index is 0. The van der Waals surface area contributed by atoms with Gasteiger partial charge < -0.3 is 16.6 Å². The van der Waals surface area contributed by atoms with E-state index in [0.29, 0.717) is 12.0 Å². The molecule has 0 aliphatic rings. The van der Waals surface area contributed by atoms with Gasteiger partial charge in [0.15, 0.2) is 0 Å². The van der Waals surface area contributed by atoms with Crippen LogP contribution in [-0.4, -0.2) is 5.11 Å². The van der Waals surface area contributed by atoms with E-state index in [9.17, 15) is 9.50 Å². The molecule has 0 aromatic heterocycles. The van der Waals surface area contributed by atoms with Gasteiger partial charge in [0.05, 0.1) is 5.69 Å². The minimum atomic E-state index is -0.478. The second-order valence-corrected chi connectivity index (χ2v) is 2.95. The van der Waals surface area contributed by atoms with Gasteiger partial charge in [0.1, 0.15) is 11.6 Å². The lowest BCUT2D eigenvalue weighted by molar-refractivity contribution is 0.460. The number of anilines is 1. The summed E-state index contributed by atoms with van der Waals surface area (Å²) < 4.78 is 12.9. The van der Waals surface area contributed by atoms with E-state index in [4.69, 9.17) is 11.5 Å². The Labute approximate surface area is 88.3 Å². The first kappa shape index (κ1) is 13.0. The van der Waals surface area contributed by atoms with Crippen LogP contribution in [0.5, 0.6) is 5.75 Å². The maximum atomic E-state index is 12.9. The Kier molecular flexibility index (Phi) is 4.67. The summed E-state index contributed by atoms with van der Waals surface area (Å²) in [7, 11) is 0. The molecule has 0 amide bonds. The number of hydrogen-bond acceptors (Lipinski definition) is 3. The number of halogens is 2. The van der Waals surface area contributed by atoms with Gasteiger partial charge in [0, 0.05) is 17.7 Å². The Morgan fingerprint density at radius 1 is 1.50 bits per heavy atom. The number of benzene rings is 1. The molecule has 5 N–H and O–H groups in total. The molecule has 0 saturated heterocycles. The van der Waals surface area contributed by atoms with E-state index < -0.39 is 5.82 Å². The van der Waals surface area contributed by atoms with E-state index in [1.165, 1.54) is 6.07 Å². The smallest absolute Gasteiger partial charge is 0.143 e. The number of hydrogen-bond donors (Lipinski definition) is 3. The number of nitrogens with two attached hydrogens (primary N) is 2. The Balaban J connectivity index is 0.00000169. The molecule has 3 nitrogen and oxygen atoms in total. The van der Waals surface area contributed by atoms with Crippen molar-refractivity contribution in [1.29, 1.82) is 0 Å². The third-order valence-corrected chi connectivity index (χ3v) is 1.97. The molecule has 1 rings (SSSR count). The SMILES string of the molecule is CC[C@@H](N)c1cc(F)cc(N)c1O.Cl. The molecule has 1 aromatic rings. The minimum Gasteiger partial charge on any atom is -0.505 e. The number of rotatable bonds is 2. The topological polar surface area (TPSA) is 72.3 Å². The van der Waals surface area contributed by atoms with Crippen LogP contribution in [0.2, 0.25) is 0 Å². The maximum Gasteiger partial charge on any atom is 0.143 e. The zero-order chi connectivity index (χ0) is 10.0. The molecule has 80 valence electrons. The molecule has 14 heavy (non-hydrogen) atoms. The van der Waals surface area contributed by atoms with Crippen molar-refractivity contribution in [2.45, 2.75) is 19.4 Å². The molecule has 0 aliphatic heterocycles. The Hall–Kier alpha value is -1.000. The lowest BCUT2D eigenvalue weighted by Crippen LogP contribution is -2.10. The number of phenols is 1. The second kappa shape index (κ2) is 5.02. The van der Waals surface area contributed by atoms with Crippen molar-refractivity contribution < 1.29 is 9.50 Å². The van der Waals surface area contributed by atoms with Crippen molar-refractivity contribution in [1.82, 2.24) is 0 Å². The lowest BCUT2D eigenvalue weighted by Gasteiger charge is -2.12. The summed E-state index contributed by atoms with van der Waals surface area (Å²) in [6.07, 6.45) is 0.621. The summed E-state index contributed by atoms with van der Waals surface area (Å²) in [6, 6.07) is 1.90. The first-order chi connectivity index (χ1) is 6.06. The Bertz CT molecular complexity index is 320. The quantitative estimate of drug-likeness (QED) is 0.527. The molecular formula is C9H14ClFN2O. The Morgan fingerprint density at radius 3 is 2.57 bits per heavy atom. The van der Waals surface area contributed by atoms with Gasteiger partial charge in [-0.2, -0.15) is 0 Å². The fraction of sp³-hybridized carbons (Fsp3) is 0.333. The lowest BCUT2D eigenvalue weighted by atomic mass is 10.0. The zero-order valence-electron chi connectivity index (χ0n) is 7.83. The van der Waals surface area contributed by atoms with E-state index in [2.05, 4.69) is 0 Å².